The molecule has 0 bridgehead atoms. The molecule has 0 aromatic heterocycles. The van der Waals surface area contributed by atoms with Crippen LogP contribution in [0.5, 0.6) is 0 Å². The van der Waals surface area contributed by atoms with E-state index in [4.69, 9.17) is 5.11 Å². The molecule has 0 saturated carbocycles. The van der Waals surface area contributed by atoms with Gasteiger partial charge >= 0.3 is 0 Å². The van der Waals surface area contributed by atoms with Crippen LogP contribution >= 0.6 is 0 Å². The van der Waals surface area contributed by atoms with Gasteiger partial charge in [0.2, 0.25) is 11.6 Å². The molecule has 1 N–H and O–H groups in total. The Kier molecular flexibility index (Phi) is 3.54. The van der Waals surface area contributed by atoms with Crippen molar-refractivity contribution >= 4 is 11.6 Å². The van der Waals surface area contributed by atoms with Crippen LogP contribution in [0.4, 0.5) is 0 Å². The summed E-state index contributed by atoms with van der Waals surface area (Å²) in [5.41, 5.74) is 0.373. The van der Waals surface area contributed by atoms with Gasteiger partial charge in [-0.15, -0.1) is 0 Å². The summed E-state index contributed by atoms with van der Waals surface area (Å²) < 4.78 is 0. The van der Waals surface area contributed by atoms with E-state index < -0.39 is 17.5 Å². The van der Waals surface area contributed by atoms with Gasteiger partial charge in [-0.1, -0.05) is 37.3 Å². The Bertz CT molecular complexity index is 330. The van der Waals surface area contributed by atoms with Crippen molar-refractivity contribution in [3.63, 3.8) is 0 Å². The second-order valence-corrected chi connectivity index (χ2v) is 3.14. The molecule has 0 heterocycles. The molecule has 0 aliphatic carbocycles. The van der Waals surface area contributed by atoms with E-state index >= 15 is 0 Å². The van der Waals surface area contributed by atoms with E-state index in [-0.39, 0.29) is 6.61 Å². The average molecular weight is 192 g/mol. The molecular formula is C11H12O3. The summed E-state index contributed by atoms with van der Waals surface area (Å²) in [6, 6.07) is 8.35. The van der Waals surface area contributed by atoms with Crippen LogP contribution in [0.25, 0.3) is 0 Å². The Morgan fingerprint density at radius 3 is 2.36 bits per heavy atom. The number of carbonyl (C=O) groups is 2. The third kappa shape index (κ3) is 2.26. The van der Waals surface area contributed by atoms with E-state index in [0.29, 0.717) is 5.56 Å². The zero-order valence-electron chi connectivity index (χ0n) is 7.93. The van der Waals surface area contributed by atoms with Gasteiger partial charge < -0.3 is 5.11 Å². The maximum Gasteiger partial charge on any atom is 0.228 e. The molecule has 0 spiro atoms. The van der Waals surface area contributed by atoms with Gasteiger partial charge in [0.05, 0.1) is 6.61 Å². The molecule has 1 unspecified atom stereocenters. The Morgan fingerprint density at radius 1 is 1.29 bits per heavy atom. The molecule has 1 rings (SSSR count). The van der Waals surface area contributed by atoms with E-state index in [9.17, 15) is 9.59 Å². The second-order valence-electron chi connectivity index (χ2n) is 3.14. The number of benzene rings is 1. The lowest BCUT2D eigenvalue weighted by Gasteiger charge is -2.04. The number of carbonyl (C=O) groups excluding carboxylic acids is 2. The molecule has 0 amide bonds. The van der Waals surface area contributed by atoms with Crippen LogP contribution < -0.4 is 0 Å². The molecule has 0 aliphatic rings. The van der Waals surface area contributed by atoms with E-state index in [1.165, 1.54) is 6.92 Å². The normalized spacial score (nSPS) is 12.1. The first-order valence-corrected chi connectivity index (χ1v) is 4.41. The number of rotatable bonds is 4. The highest BCUT2D eigenvalue weighted by atomic mass is 16.3. The SMILES string of the molecule is CC(CO)C(=O)C(=O)c1ccccc1. The van der Waals surface area contributed by atoms with Crippen molar-refractivity contribution in [1.29, 1.82) is 0 Å². The van der Waals surface area contributed by atoms with Crippen LogP contribution in [0.2, 0.25) is 0 Å². The molecule has 1 atom stereocenters. The zero-order valence-corrected chi connectivity index (χ0v) is 7.93. The fourth-order valence-corrected chi connectivity index (χ4v) is 1.04. The van der Waals surface area contributed by atoms with Crippen molar-refractivity contribution in [1.82, 2.24) is 0 Å². The van der Waals surface area contributed by atoms with Crippen LogP contribution in [-0.2, 0) is 4.79 Å². The monoisotopic (exact) mass is 192 g/mol. The van der Waals surface area contributed by atoms with Crippen LogP contribution in [0.1, 0.15) is 17.3 Å². The van der Waals surface area contributed by atoms with Crippen LogP contribution in [0, 0.1) is 5.92 Å². The standard InChI is InChI=1S/C11H12O3/c1-8(7-12)10(13)11(14)9-5-3-2-4-6-9/h2-6,8,12H,7H2,1H3. The van der Waals surface area contributed by atoms with Crippen LogP contribution in [0.3, 0.4) is 0 Å². The highest BCUT2D eigenvalue weighted by Crippen LogP contribution is 2.05. The number of aliphatic hydroxyl groups excluding tert-OH is 1. The van der Waals surface area contributed by atoms with Gasteiger partial charge in [0.25, 0.3) is 0 Å². The molecule has 1 aromatic carbocycles. The summed E-state index contributed by atoms with van der Waals surface area (Å²) in [7, 11) is 0. The number of aliphatic hydroxyl groups is 1. The molecule has 0 fully saturated rings. The van der Waals surface area contributed by atoms with Crippen LogP contribution in [-0.4, -0.2) is 23.3 Å². The Balaban J connectivity index is 2.82. The van der Waals surface area contributed by atoms with Crippen molar-refractivity contribution in [2.24, 2.45) is 5.92 Å². The molecular weight excluding hydrogens is 180 g/mol. The van der Waals surface area contributed by atoms with Gasteiger partial charge in [-0.2, -0.15) is 0 Å². The lowest BCUT2D eigenvalue weighted by Crippen LogP contribution is -2.24. The Labute approximate surface area is 82.4 Å². The van der Waals surface area contributed by atoms with Gasteiger partial charge in [0.15, 0.2) is 0 Å². The minimum atomic E-state index is -0.622. The summed E-state index contributed by atoms with van der Waals surface area (Å²) in [5, 5.41) is 8.73. The minimum Gasteiger partial charge on any atom is -0.396 e. The van der Waals surface area contributed by atoms with Crippen molar-refractivity contribution in [3.8, 4) is 0 Å². The Hall–Kier alpha value is -1.48. The van der Waals surface area contributed by atoms with Gasteiger partial charge in [-0.05, 0) is 0 Å². The fraction of sp³-hybridized carbons (Fsp3) is 0.273. The molecule has 14 heavy (non-hydrogen) atoms. The second kappa shape index (κ2) is 4.67. The first kappa shape index (κ1) is 10.6. The predicted octanol–water partition coefficient (Wildman–Crippen LogP) is 1.07. The van der Waals surface area contributed by atoms with Crippen molar-refractivity contribution in [2.45, 2.75) is 6.92 Å². The molecule has 74 valence electrons. The molecule has 0 saturated heterocycles. The highest BCUT2D eigenvalue weighted by Gasteiger charge is 2.21. The molecule has 1 aromatic rings. The quantitative estimate of drug-likeness (QED) is 0.573. The van der Waals surface area contributed by atoms with Gasteiger partial charge in [0, 0.05) is 11.5 Å². The van der Waals surface area contributed by atoms with E-state index in [2.05, 4.69) is 0 Å². The summed E-state index contributed by atoms with van der Waals surface area (Å²) >= 11 is 0. The van der Waals surface area contributed by atoms with E-state index in [0.717, 1.165) is 0 Å². The van der Waals surface area contributed by atoms with E-state index in [1.807, 2.05) is 0 Å². The lowest BCUT2D eigenvalue weighted by atomic mass is 9.99. The summed E-state index contributed by atoms with van der Waals surface area (Å²) in [6.07, 6.45) is 0. The minimum absolute atomic E-state index is 0.294. The average Bonchev–Trinajstić information content (AvgIpc) is 2.27. The topological polar surface area (TPSA) is 54.4 Å². The first-order chi connectivity index (χ1) is 6.66. The summed E-state index contributed by atoms with van der Waals surface area (Å²) in [6.45, 7) is 1.24. The number of hydrogen-bond donors (Lipinski definition) is 1. The zero-order chi connectivity index (χ0) is 10.6. The van der Waals surface area contributed by atoms with Crippen molar-refractivity contribution in [2.75, 3.05) is 6.61 Å². The molecule has 3 nitrogen and oxygen atoms in total. The molecule has 3 heteroatoms. The smallest absolute Gasteiger partial charge is 0.228 e. The maximum absolute atomic E-state index is 11.5. The van der Waals surface area contributed by atoms with Gasteiger partial charge in [-0.25, -0.2) is 0 Å². The van der Waals surface area contributed by atoms with Crippen molar-refractivity contribution < 1.29 is 14.7 Å². The third-order valence-corrected chi connectivity index (χ3v) is 1.98. The fourth-order valence-electron chi connectivity index (χ4n) is 1.04. The summed E-state index contributed by atoms with van der Waals surface area (Å²) in [4.78, 5) is 22.8. The van der Waals surface area contributed by atoms with Gasteiger partial charge in [-0.3, -0.25) is 9.59 Å². The van der Waals surface area contributed by atoms with Crippen LogP contribution in [0.15, 0.2) is 30.3 Å². The highest BCUT2D eigenvalue weighted by molar-refractivity contribution is 6.44. The Morgan fingerprint density at radius 2 is 1.86 bits per heavy atom. The third-order valence-electron chi connectivity index (χ3n) is 1.98. The molecule has 0 aliphatic heterocycles. The van der Waals surface area contributed by atoms with Gasteiger partial charge in [0.1, 0.15) is 0 Å². The van der Waals surface area contributed by atoms with E-state index in [1.54, 1.807) is 30.3 Å². The predicted molar refractivity (Wildman–Crippen MR) is 52.0 cm³/mol. The number of hydrogen-bond acceptors (Lipinski definition) is 3. The first-order valence-electron chi connectivity index (χ1n) is 4.41. The summed E-state index contributed by atoms with van der Waals surface area (Å²) in [5.74, 6) is -1.70. The maximum atomic E-state index is 11.5. The van der Waals surface area contributed by atoms with Crippen molar-refractivity contribution in [3.05, 3.63) is 35.9 Å². The number of Topliss-reactive ketones (excluding diaryl/α,β-unsaturated/α-hetero) is 2. The number of ketones is 2. The largest absolute Gasteiger partial charge is 0.396 e. The molecule has 0 radical (unpaired) electrons. The lowest BCUT2D eigenvalue weighted by molar-refractivity contribution is -0.119.